The van der Waals surface area contributed by atoms with Crippen LogP contribution in [0.2, 0.25) is 0 Å². The summed E-state index contributed by atoms with van der Waals surface area (Å²) in [5.74, 6) is 0.347. The minimum atomic E-state index is -0.642. The van der Waals surface area contributed by atoms with Gasteiger partial charge in [-0.1, -0.05) is 60.1 Å². The molecule has 29 heavy (non-hydrogen) atoms. The van der Waals surface area contributed by atoms with Crippen LogP contribution in [0.3, 0.4) is 0 Å². The molecule has 4 rings (SSSR count). The molecule has 0 fully saturated rings. The van der Waals surface area contributed by atoms with Crippen LogP contribution in [-0.2, 0) is 4.79 Å². The monoisotopic (exact) mass is 406 g/mol. The van der Waals surface area contributed by atoms with Gasteiger partial charge < -0.3 is 4.74 Å². The Morgan fingerprint density at radius 1 is 1.10 bits per heavy atom. The summed E-state index contributed by atoms with van der Waals surface area (Å²) in [6.45, 7) is 5.89. The highest BCUT2D eigenvalue weighted by Gasteiger charge is 2.35. The fourth-order valence-corrected chi connectivity index (χ4v) is 3.65. The molecule has 0 saturated heterocycles. The van der Waals surface area contributed by atoms with E-state index in [4.69, 9.17) is 4.74 Å². The van der Waals surface area contributed by atoms with E-state index >= 15 is 0 Å². The topological polar surface area (TPSA) is 68.2 Å². The summed E-state index contributed by atoms with van der Waals surface area (Å²) in [5.41, 5.74) is 5.17. The molecule has 1 amide bonds. The average Bonchev–Trinajstić information content (AvgIpc) is 2.87. The Morgan fingerprint density at radius 2 is 1.83 bits per heavy atom. The van der Waals surface area contributed by atoms with E-state index in [9.17, 15) is 4.79 Å². The number of amides is 1. The van der Waals surface area contributed by atoms with Crippen molar-refractivity contribution in [3.63, 3.8) is 0 Å². The first kappa shape index (κ1) is 19.4. The second-order valence-electron chi connectivity index (χ2n) is 6.97. The van der Waals surface area contributed by atoms with Crippen molar-refractivity contribution in [1.82, 2.24) is 15.2 Å². The van der Waals surface area contributed by atoms with Crippen molar-refractivity contribution < 1.29 is 9.53 Å². The Bertz CT molecular complexity index is 1070. The largest absolute Gasteiger partial charge is 0.447 e. The lowest BCUT2D eigenvalue weighted by molar-refractivity contribution is -0.120. The van der Waals surface area contributed by atoms with Gasteiger partial charge in [0.05, 0.1) is 5.69 Å². The van der Waals surface area contributed by atoms with Crippen LogP contribution in [0.25, 0.3) is 11.3 Å². The number of carbonyl (C=O) groups is 1. The van der Waals surface area contributed by atoms with Gasteiger partial charge >= 0.3 is 0 Å². The minimum absolute atomic E-state index is 0.0356. The van der Waals surface area contributed by atoms with Crippen LogP contribution in [0.5, 0.6) is 5.88 Å². The van der Waals surface area contributed by atoms with Crippen LogP contribution < -0.4 is 9.64 Å². The molecule has 0 spiro atoms. The standard InChI is InChI=1S/C22H22N4O2S/c1-5-18(27)26-17-11-8-14(3)12-16(17)19-20(23-22(29-4)25-24-19)28-21(26)15-9-6-13(2)7-10-15/h6-12,21H,5H2,1-4H3/t21-/m0/s1. The number of nitrogens with zero attached hydrogens (tertiary/aromatic N) is 4. The van der Waals surface area contributed by atoms with Crippen LogP contribution in [-0.4, -0.2) is 27.3 Å². The molecule has 1 aromatic heterocycles. The molecular formula is C22H22N4O2S. The van der Waals surface area contributed by atoms with E-state index in [1.54, 1.807) is 4.90 Å². The molecule has 1 atom stereocenters. The van der Waals surface area contributed by atoms with Crippen molar-refractivity contribution in [3.05, 3.63) is 59.2 Å². The molecule has 0 unspecified atom stereocenters. The highest BCUT2D eigenvalue weighted by molar-refractivity contribution is 7.98. The van der Waals surface area contributed by atoms with Crippen LogP contribution in [0.15, 0.2) is 47.6 Å². The lowest BCUT2D eigenvalue weighted by Crippen LogP contribution is -2.37. The lowest BCUT2D eigenvalue weighted by atomic mass is 10.0. The number of hydrogen-bond acceptors (Lipinski definition) is 6. The van der Waals surface area contributed by atoms with Crippen LogP contribution >= 0.6 is 11.8 Å². The SMILES string of the molecule is CCC(=O)N1c2ccc(C)cc2-c2nnc(SC)nc2O[C@H]1c1ccc(C)cc1. The molecule has 3 aromatic rings. The van der Waals surface area contributed by atoms with Crippen molar-refractivity contribution in [2.75, 3.05) is 11.2 Å². The maximum atomic E-state index is 13.1. The Morgan fingerprint density at radius 3 is 2.52 bits per heavy atom. The van der Waals surface area contributed by atoms with E-state index in [1.165, 1.54) is 11.8 Å². The predicted molar refractivity (Wildman–Crippen MR) is 114 cm³/mol. The van der Waals surface area contributed by atoms with Gasteiger partial charge in [-0.15, -0.1) is 10.2 Å². The molecule has 7 heteroatoms. The van der Waals surface area contributed by atoms with Crippen molar-refractivity contribution in [2.45, 2.75) is 38.6 Å². The Balaban J connectivity index is 1.99. The van der Waals surface area contributed by atoms with Crippen LogP contribution in [0.1, 0.15) is 36.3 Å². The van der Waals surface area contributed by atoms with Gasteiger partial charge in [-0.05, 0) is 32.2 Å². The number of fused-ring (bicyclic) bond motifs is 3. The number of rotatable bonds is 3. The third kappa shape index (κ3) is 3.58. The summed E-state index contributed by atoms with van der Waals surface area (Å²) >= 11 is 1.40. The highest BCUT2D eigenvalue weighted by Crippen LogP contribution is 2.44. The fourth-order valence-electron chi connectivity index (χ4n) is 3.35. The molecular weight excluding hydrogens is 384 g/mol. The van der Waals surface area contributed by atoms with Crippen molar-refractivity contribution in [1.29, 1.82) is 0 Å². The van der Waals surface area contributed by atoms with Crippen molar-refractivity contribution in [3.8, 4) is 17.1 Å². The normalized spacial score (nSPS) is 15.2. The number of benzene rings is 2. The van der Waals surface area contributed by atoms with Gasteiger partial charge in [0, 0.05) is 17.5 Å². The number of thioether (sulfide) groups is 1. The first-order valence-corrected chi connectivity index (χ1v) is 10.7. The smallest absolute Gasteiger partial charge is 0.247 e. The van der Waals surface area contributed by atoms with Crippen LogP contribution in [0.4, 0.5) is 5.69 Å². The quantitative estimate of drug-likeness (QED) is 0.587. The maximum absolute atomic E-state index is 13.1. The van der Waals surface area contributed by atoms with Gasteiger partial charge in [0.25, 0.3) is 0 Å². The van der Waals surface area contributed by atoms with E-state index in [0.29, 0.717) is 23.2 Å². The zero-order chi connectivity index (χ0) is 20.5. The molecule has 2 heterocycles. The number of ether oxygens (including phenoxy) is 1. The van der Waals surface area contributed by atoms with Gasteiger partial charge in [-0.25, -0.2) is 0 Å². The van der Waals surface area contributed by atoms with Gasteiger partial charge in [0.1, 0.15) is 0 Å². The second-order valence-corrected chi connectivity index (χ2v) is 7.74. The molecule has 1 aliphatic heterocycles. The third-order valence-electron chi connectivity index (χ3n) is 4.88. The van der Waals surface area contributed by atoms with E-state index < -0.39 is 6.23 Å². The summed E-state index contributed by atoms with van der Waals surface area (Å²) in [7, 11) is 0. The first-order chi connectivity index (χ1) is 14.0. The summed E-state index contributed by atoms with van der Waals surface area (Å²) in [6, 6.07) is 13.9. The van der Waals surface area contributed by atoms with Gasteiger partial charge in [-0.3, -0.25) is 9.69 Å². The molecule has 1 aliphatic rings. The summed E-state index contributed by atoms with van der Waals surface area (Å²) in [6.07, 6.45) is 1.60. The third-order valence-corrected chi connectivity index (χ3v) is 5.41. The number of hydrogen-bond donors (Lipinski definition) is 0. The molecule has 148 valence electrons. The second kappa shape index (κ2) is 7.83. The number of aromatic nitrogens is 3. The van der Waals surface area contributed by atoms with E-state index in [0.717, 1.165) is 27.9 Å². The molecule has 0 N–H and O–H groups in total. The average molecular weight is 407 g/mol. The molecule has 0 aliphatic carbocycles. The molecule has 0 radical (unpaired) electrons. The molecule has 2 aromatic carbocycles. The Kier molecular flexibility index (Phi) is 5.24. The molecule has 0 bridgehead atoms. The van der Waals surface area contributed by atoms with Crippen molar-refractivity contribution >= 4 is 23.4 Å². The minimum Gasteiger partial charge on any atom is -0.447 e. The van der Waals surface area contributed by atoms with E-state index in [2.05, 4.69) is 15.2 Å². The molecule has 6 nitrogen and oxygen atoms in total. The first-order valence-electron chi connectivity index (χ1n) is 9.46. The van der Waals surface area contributed by atoms with Crippen molar-refractivity contribution in [2.24, 2.45) is 0 Å². The van der Waals surface area contributed by atoms with Gasteiger partial charge in [0.15, 0.2) is 5.69 Å². The zero-order valence-corrected chi connectivity index (χ0v) is 17.7. The Labute approximate surface area is 174 Å². The lowest BCUT2D eigenvalue weighted by Gasteiger charge is -2.30. The predicted octanol–water partition coefficient (Wildman–Crippen LogP) is 4.71. The van der Waals surface area contributed by atoms with Crippen LogP contribution in [0, 0.1) is 13.8 Å². The van der Waals surface area contributed by atoms with E-state index in [1.807, 2.05) is 69.5 Å². The fraction of sp³-hybridized carbons (Fsp3) is 0.273. The molecule has 0 saturated carbocycles. The maximum Gasteiger partial charge on any atom is 0.247 e. The van der Waals surface area contributed by atoms with Gasteiger partial charge in [-0.2, -0.15) is 4.98 Å². The van der Waals surface area contributed by atoms with E-state index in [-0.39, 0.29) is 5.91 Å². The number of aryl methyl sites for hydroxylation is 2. The zero-order valence-electron chi connectivity index (χ0n) is 16.8. The Hall–Kier alpha value is -2.93. The summed E-state index contributed by atoms with van der Waals surface area (Å²) in [4.78, 5) is 19.3. The highest BCUT2D eigenvalue weighted by atomic mass is 32.2. The number of carbonyl (C=O) groups excluding carboxylic acids is 1. The van der Waals surface area contributed by atoms with Gasteiger partial charge in [0.2, 0.25) is 23.2 Å². The summed E-state index contributed by atoms with van der Waals surface area (Å²) in [5, 5.41) is 9.12. The summed E-state index contributed by atoms with van der Waals surface area (Å²) < 4.78 is 6.36. The number of anilines is 1.